The number of halogens is 1. The van der Waals surface area contributed by atoms with Crippen LogP contribution in [0.4, 0.5) is 10.3 Å². The molecule has 7 nitrogen and oxygen atoms in total. The van der Waals surface area contributed by atoms with Gasteiger partial charge in [-0.3, -0.25) is 14.3 Å². The van der Waals surface area contributed by atoms with Crippen molar-refractivity contribution in [3.05, 3.63) is 16.7 Å². The molecule has 0 amide bonds. The molecule has 1 aliphatic heterocycles. The van der Waals surface area contributed by atoms with E-state index in [1.807, 2.05) is 13.8 Å². The molecule has 0 unspecified atom stereocenters. The predicted octanol–water partition coefficient (Wildman–Crippen LogP) is 0.983. The number of hydrogen-bond donors (Lipinski definition) is 2. The number of ether oxygens (including phenoxy) is 1. The summed E-state index contributed by atoms with van der Waals surface area (Å²) in [5.41, 5.74) is 5.45. The Morgan fingerprint density at radius 2 is 2.35 bits per heavy atom. The van der Waals surface area contributed by atoms with Crippen molar-refractivity contribution in [2.45, 2.75) is 38.8 Å². The first-order valence-corrected chi connectivity index (χ1v) is 6.54. The molecule has 4 atom stereocenters. The van der Waals surface area contributed by atoms with E-state index in [-0.39, 0.29) is 29.1 Å². The highest BCUT2D eigenvalue weighted by molar-refractivity contribution is 5.70. The number of aromatic amines is 1. The van der Waals surface area contributed by atoms with Crippen LogP contribution in [0.15, 0.2) is 11.1 Å². The molecule has 0 spiro atoms. The van der Waals surface area contributed by atoms with Gasteiger partial charge in [0.1, 0.15) is 0 Å². The van der Waals surface area contributed by atoms with E-state index in [4.69, 9.17) is 10.5 Å². The number of H-pyrrole nitrogens is 1. The molecular weight excluding hydrogens is 265 g/mol. The molecule has 3 N–H and O–H groups in total. The fourth-order valence-electron chi connectivity index (χ4n) is 2.66. The summed E-state index contributed by atoms with van der Waals surface area (Å²) in [6.07, 6.45) is -0.0741. The van der Waals surface area contributed by atoms with E-state index in [2.05, 4.69) is 15.0 Å². The van der Waals surface area contributed by atoms with Crippen molar-refractivity contribution in [3.8, 4) is 0 Å². The molecule has 3 rings (SSSR count). The molecule has 1 fully saturated rings. The first-order valence-electron chi connectivity index (χ1n) is 6.54. The number of aromatic nitrogens is 4. The van der Waals surface area contributed by atoms with Gasteiger partial charge in [-0.1, -0.05) is 13.8 Å². The Bertz CT molecular complexity index is 697. The highest BCUT2D eigenvalue weighted by atomic mass is 19.1. The third-order valence-electron chi connectivity index (χ3n) is 3.80. The number of nitrogens with one attached hydrogen (secondary N) is 1. The van der Waals surface area contributed by atoms with Crippen LogP contribution in [-0.2, 0) is 4.74 Å². The molecule has 20 heavy (non-hydrogen) atoms. The molecule has 0 radical (unpaired) electrons. The van der Waals surface area contributed by atoms with Crippen molar-refractivity contribution < 1.29 is 9.13 Å². The molecular formula is C12H16FN5O2. The number of nitrogens with two attached hydrogens (primary N) is 1. The van der Waals surface area contributed by atoms with E-state index in [9.17, 15) is 9.18 Å². The summed E-state index contributed by atoms with van der Waals surface area (Å²) >= 11 is 0. The molecule has 0 saturated carbocycles. The number of alkyl halides is 1. The zero-order chi connectivity index (χ0) is 14.4. The Balaban J connectivity index is 2.09. The number of nitrogens with zero attached hydrogens (tertiary/aromatic N) is 3. The predicted molar refractivity (Wildman–Crippen MR) is 70.8 cm³/mol. The highest BCUT2D eigenvalue weighted by Crippen LogP contribution is 2.38. The van der Waals surface area contributed by atoms with Crippen LogP contribution < -0.4 is 11.3 Å². The lowest BCUT2D eigenvalue weighted by molar-refractivity contribution is -0.0186. The van der Waals surface area contributed by atoms with Gasteiger partial charge in [0.2, 0.25) is 5.95 Å². The number of nitrogen functional groups attached to an aromatic ring is 1. The number of rotatable bonds is 2. The molecule has 2 aromatic rings. The quantitative estimate of drug-likeness (QED) is 0.855. The zero-order valence-electron chi connectivity index (χ0n) is 11.2. The van der Waals surface area contributed by atoms with Gasteiger partial charge in [-0.15, -0.1) is 0 Å². The topological polar surface area (TPSA) is 98.8 Å². The normalized spacial score (nSPS) is 30.1. The summed E-state index contributed by atoms with van der Waals surface area (Å²) < 4.78 is 21.6. The Labute approximate surface area is 114 Å². The summed E-state index contributed by atoms with van der Waals surface area (Å²) in [6.45, 7) is 3.76. The van der Waals surface area contributed by atoms with Crippen molar-refractivity contribution in [3.63, 3.8) is 0 Å². The number of fused-ring (bicyclic) bond motifs is 1. The molecule has 8 heteroatoms. The standard InChI is InChI=1S/C12H16FN5O2/c1-3-6-5(2)7(13)11(20-6)18-4-15-8-9(18)16-12(14)17-10(8)19/h4-7,11H,3H2,1-2H3,(H3,14,16,17,19)/t5-,6-,7+,11-/m1/s1. The average molecular weight is 281 g/mol. The smallest absolute Gasteiger partial charge is 0.280 e. The lowest BCUT2D eigenvalue weighted by Gasteiger charge is -2.15. The van der Waals surface area contributed by atoms with E-state index >= 15 is 0 Å². The van der Waals surface area contributed by atoms with E-state index < -0.39 is 18.0 Å². The lowest BCUT2D eigenvalue weighted by atomic mass is 10.00. The van der Waals surface area contributed by atoms with Crippen LogP contribution in [0, 0.1) is 5.92 Å². The molecule has 0 aliphatic carbocycles. The molecule has 1 saturated heterocycles. The van der Waals surface area contributed by atoms with Gasteiger partial charge in [0, 0.05) is 5.92 Å². The SMILES string of the molecule is CC[C@H]1O[C@@H](n2cnc3c(=O)[nH]c(N)nc32)[C@@H](F)[C@@H]1C. The van der Waals surface area contributed by atoms with Gasteiger partial charge in [-0.05, 0) is 6.42 Å². The van der Waals surface area contributed by atoms with Crippen molar-refractivity contribution in [2.24, 2.45) is 5.92 Å². The Hall–Kier alpha value is -1.96. The van der Waals surface area contributed by atoms with E-state index in [1.165, 1.54) is 10.9 Å². The first kappa shape index (κ1) is 13.0. The van der Waals surface area contributed by atoms with Crippen LogP contribution in [0.25, 0.3) is 11.2 Å². The second-order valence-corrected chi connectivity index (χ2v) is 5.05. The maximum Gasteiger partial charge on any atom is 0.280 e. The lowest BCUT2D eigenvalue weighted by Crippen LogP contribution is -2.20. The minimum Gasteiger partial charge on any atom is -0.369 e. The Kier molecular flexibility index (Phi) is 2.97. The third-order valence-corrected chi connectivity index (χ3v) is 3.80. The summed E-state index contributed by atoms with van der Waals surface area (Å²) in [4.78, 5) is 22.1. The fraction of sp³-hybridized carbons (Fsp3) is 0.583. The van der Waals surface area contributed by atoms with E-state index in [1.54, 1.807) is 0 Å². The van der Waals surface area contributed by atoms with Gasteiger partial charge in [-0.25, -0.2) is 9.37 Å². The summed E-state index contributed by atoms with van der Waals surface area (Å²) in [5, 5.41) is 0. The van der Waals surface area contributed by atoms with Gasteiger partial charge < -0.3 is 10.5 Å². The first-order chi connectivity index (χ1) is 9.52. The second kappa shape index (κ2) is 4.55. The molecule has 0 aromatic carbocycles. The van der Waals surface area contributed by atoms with Crippen LogP contribution in [-0.4, -0.2) is 31.8 Å². The molecule has 2 aromatic heterocycles. The van der Waals surface area contributed by atoms with Crippen LogP contribution in [0.2, 0.25) is 0 Å². The minimum atomic E-state index is -1.18. The summed E-state index contributed by atoms with van der Waals surface area (Å²) in [6, 6.07) is 0. The second-order valence-electron chi connectivity index (χ2n) is 5.05. The number of anilines is 1. The third kappa shape index (κ3) is 1.79. The highest BCUT2D eigenvalue weighted by Gasteiger charge is 2.43. The summed E-state index contributed by atoms with van der Waals surface area (Å²) in [5.74, 6) is -0.250. The maximum atomic E-state index is 14.4. The Morgan fingerprint density at radius 3 is 3.00 bits per heavy atom. The van der Waals surface area contributed by atoms with Gasteiger partial charge in [0.25, 0.3) is 5.56 Å². The summed E-state index contributed by atoms with van der Waals surface area (Å²) in [7, 11) is 0. The fourth-order valence-corrected chi connectivity index (χ4v) is 2.66. The molecule has 108 valence electrons. The molecule has 3 heterocycles. The Morgan fingerprint density at radius 1 is 1.60 bits per heavy atom. The van der Waals surface area contributed by atoms with Crippen LogP contribution >= 0.6 is 0 Å². The van der Waals surface area contributed by atoms with Crippen molar-refractivity contribution >= 4 is 17.1 Å². The van der Waals surface area contributed by atoms with Gasteiger partial charge in [0.15, 0.2) is 23.6 Å². The van der Waals surface area contributed by atoms with E-state index in [0.29, 0.717) is 0 Å². The molecule has 1 aliphatic rings. The van der Waals surface area contributed by atoms with Crippen LogP contribution in [0.3, 0.4) is 0 Å². The van der Waals surface area contributed by atoms with Gasteiger partial charge in [-0.2, -0.15) is 4.98 Å². The van der Waals surface area contributed by atoms with Crippen LogP contribution in [0.1, 0.15) is 26.5 Å². The monoisotopic (exact) mass is 281 g/mol. The minimum absolute atomic E-state index is 0.0299. The van der Waals surface area contributed by atoms with Crippen molar-refractivity contribution in [1.82, 2.24) is 19.5 Å². The number of hydrogen-bond acceptors (Lipinski definition) is 5. The van der Waals surface area contributed by atoms with Gasteiger partial charge >= 0.3 is 0 Å². The average Bonchev–Trinajstić information content (AvgIpc) is 2.93. The van der Waals surface area contributed by atoms with Gasteiger partial charge in [0.05, 0.1) is 12.4 Å². The largest absolute Gasteiger partial charge is 0.369 e. The zero-order valence-corrected chi connectivity index (χ0v) is 11.2. The number of imidazole rings is 1. The van der Waals surface area contributed by atoms with Crippen molar-refractivity contribution in [1.29, 1.82) is 0 Å². The van der Waals surface area contributed by atoms with E-state index in [0.717, 1.165) is 6.42 Å². The maximum absolute atomic E-state index is 14.4. The van der Waals surface area contributed by atoms with Crippen LogP contribution in [0.5, 0.6) is 0 Å². The molecule has 0 bridgehead atoms. The van der Waals surface area contributed by atoms with Crippen molar-refractivity contribution in [2.75, 3.05) is 5.73 Å².